The van der Waals surface area contributed by atoms with Gasteiger partial charge in [0.1, 0.15) is 0 Å². The summed E-state index contributed by atoms with van der Waals surface area (Å²) in [5.41, 5.74) is 14.1. The summed E-state index contributed by atoms with van der Waals surface area (Å²) in [4.78, 5) is 16.0. The molecule has 0 fully saturated rings. The van der Waals surface area contributed by atoms with Gasteiger partial charge < -0.3 is 4.57 Å². The fraction of sp³-hybridized carbons (Fsp3) is 0.131. The summed E-state index contributed by atoms with van der Waals surface area (Å²) in [5.74, 6) is 1.90. The predicted octanol–water partition coefficient (Wildman–Crippen LogP) is 16.0. The number of aromatic nitrogens is 4. The lowest BCUT2D eigenvalue weighted by Crippen LogP contribution is -2.33. The Hall–Kier alpha value is -7.69. The van der Waals surface area contributed by atoms with E-state index in [2.05, 4.69) is 226 Å². The first-order valence-electron chi connectivity index (χ1n) is 22.8. The van der Waals surface area contributed by atoms with Crippen LogP contribution in [0.5, 0.6) is 0 Å². The largest absolute Gasteiger partial charge is 0.309 e. The number of hydrogen-bond donors (Lipinski definition) is 0. The number of para-hydroxylation sites is 1. The number of hydrogen-bond acceptors (Lipinski definition) is 3. The van der Waals surface area contributed by atoms with Gasteiger partial charge in [0, 0.05) is 33.2 Å². The van der Waals surface area contributed by atoms with E-state index in [1.807, 2.05) is 0 Å². The summed E-state index contributed by atoms with van der Waals surface area (Å²) >= 11 is 0. The van der Waals surface area contributed by atoms with Crippen LogP contribution in [0.15, 0.2) is 194 Å². The minimum absolute atomic E-state index is 0.0683. The van der Waals surface area contributed by atoms with Gasteiger partial charge in [0.2, 0.25) is 0 Å². The molecule has 1 aliphatic carbocycles. The van der Waals surface area contributed by atoms with Gasteiger partial charge in [-0.25, -0.2) is 15.0 Å². The molecule has 2 aromatic heterocycles. The Kier molecular flexibility index (Phi) is 8.96. The normalized spacial score (nSPS) is 14.3. The second kappa shape index (κ2) is 15.0. The number of nitrogens with zero attached hydrogens (tertiary/aromatic N) is 4. The van der Waals surface area contributed by atoms with Gasteiger partial charge in [-0.3, -0.25) is 0 Å². The first-order chi connectivity index (χ1) is 31.7. The zero-order chi connectivity index (χ0) is 43.9. The summed E-state index contributed by atoms with van der Waals surface area (Å²) in [5, 5.41) is 7.06. The zero-order valence-corrected chi connectivity index (χ0v) is 37.2. The van der Waals surface area contributed by atoms with Crippen molar-refractivity contribution < 1.29 is 0 Å². The summed E-state index contributed by atoms with van der Waals surface area (Å²) in [6.07, 6.45) is 2.33. The smallest absolute Gasteiger partial charge is 0.164 e. The van der Waals surface area contributed by atoms with E-state index in [4.69, 9.17) is 15.0 Å². The molecular weight excluding hydrogens is 789 g/mol. The second-order valence-corrected chi connectivity index (χ2v) is 19.1. The molecule has 0 spiro atoms. The van der Waals surface area contributed by atoms with Crippen LogP contribution in [0.1, 0.15) is 51.7 Å². The number of rotatable bonds is 6. The van der Waals surface area contributed by atoms with Crippen molar-refractivity contribution in [2.75, 3.05) is 0 Å². The maximum atomic E-state index is 5.39. The summed E-state index contributed by atoms with van der Waals surface area (Å²) in [6, 6.07) is 70.0. The Bertz CT molecular complexity index is 3640. The van der Waals surface area contributed by atoms with Crippen LogP contribution in [0.4, 0.5) is 0 Å². The topological polar surface area (TPSA) is 43.6 Å². The Morgan fingerprint density at radius 1 is 0.354 bits per heavy atom. The highest BCUT2D eigenvalue weighted by molar-refractivity contribution is 6.10. The molecule has 0 radical (unpaired) electrons. The van der Waals surface area contributed by atoms with Gasteiger partial charge in [-0.05, 0) is 121 Å². The van der Waals surface area contributed by atoms with E-state index in [9.17, 15) is 0 Å². The molecule has 4 nitrogen and oxygen atoms in total. The van der Waals surface area contributed by atoms with Gasteiger partial charge in [-0.1, -0.05) is 179 Å². The van der Waals surface area contributed by atoms with Crippen LogP contribution in [0.3, 0.4) is 0 Å². The van der Waals surface area contributed by atoms with Gasteiger partial charge >= 0.3 is 0 Å². The summed E-state index contributed by atoms with van der Waals surface area (Å²) < 4.78 is 2.47. The first kappa shape index (κ1) is 38.9. The van der Waals surface area contributed by atoms with Crippen molar-refractivity contribution in [2.45, 2.75) is 51.4 Å². The van der Waals surface area contributed by atoms with E-state index >= 15 is 0 Å². The van der Waals surface area contributed by atoms with Crippen molar-refractivity contribution >= 4 is 43.4 Å². The third-order valence-electron chi connectivity index (χ3n) is 14.1. The van der Waals surface area contributed by atoms with Gasteiger partial charge in [-0.15, -0.1) is 0 Å². The number of fused-ring (bicyclic) bond motifs is 6. The Labute approximate surface area is 379 Å². The van der Waals surface area contributed by atoms with Crippen molar-refractivity contribution in [3.05, 3.63) is 205 Å². The third-order valence-corrected chi connectivity index (χ3v) is 14.1. The molecule has 0 N–H and O–H groups in total. The lowest BCUT2D eigenvalue weighted by Gasteiger charge is -2.42. The summed E-state index contributed by atoms with van der Waals surface area (Å²) in [7, 11) is 0. The van der Waals surface area contributed by atoms with Crippen LogP contribution in [-0.4, -0.2) is 19.5 Å². The Morgan fingerprint density at radius 3 is 1.57 bits per heavy atom. The van der Waals surface area contributed by atoms with Gasteiger partial charge in [0.15, 0.2) is 17.5 Å². The van der Waals surface area contributed by atoms with Crippen molar-refractivity contribution in [1.82, 2.24) is 19.5 Å². The van der Waals surface area contributed by atoms with E-state index in [0.29, 0.717) is 17.5 Å². The van der Waals surface area contributed by atoms with E-state index < -0.39 is 0 Å². The zero-order valence-electron chi connectivity index (χ0n) is 37.2. The molecule has 2 heterocycles. The molecule has 0 aliphatic heterocycles. The average Bonchev–Trinajstić information content (AvgIpc) is 3.68. The van der Waals surface area contributed by atoms with Crippen LogP contribution < -0.4 is 0 Å². The molecule has 1 aliphatic rings. The van der Waals surface area contributed by atoms with Crippen LogP contribution in [0.2, 0.25) is 0 Å². The van der Waals surface area contributed by atoms with Crippen molar-refractivity contribution in [3.63, 3.8) is 0 Å². The second-order valence-electron chi connectivity index (χ2n) is 19.1. The molecule has 12 rings (SSSR count). The van der Waals surface area contributed by atoms with E-state index in [-0.39, 0.29) is 10.8 Å². The van der Waals surface area contributed by atoms with Crippen LogP contribution in [-0.2, 0) is 10.8 Å². The Balaban J connectivity index is 1.07. The molecule has 0 bridgehead atoms. The van der Waals surface area contributed by atoms with E-state index in [1.165, 1.54) is 61.4 Å². The maximum absolute atomic E-state index is 5.39. The molecule has 312 valence electrons. The highest BCUT2D eigenvalue weighted by atomic mass is 15.0. The quantitative estimate of drug-likeness (QED) is 0.168. The summed E-state index contributed by atoms with van der Waals surface area (Å²) in [6.45, 7) is 9.65. The fourth-order valence-corrected chi connectivity index (χ4v) is 10.3. The van der Waals surface area contributed by atoms with Crippen molar-refractivity contribution in [2.24, 2.45) is 0 Å². The molecule has 65 heavy (non-hydrogen) atoms. The molecule has 0 unspecified atom stereocenters. The maximum Gasteiger partial charge on any atom is 0.164 e. The van der Waals surface area contributed by atoms with Gasteiger partial charge in [0.05, 0.1) is 11.0 Å². The standard InChI is InChI=1S/C61H48N4/c1-60(2)31-32-61(3,4)54-38-56-51(37-53(54)60)50-21-13-14-22-55(50)65(56)48-35-46-19-11-12-20-49(46)52(36-48)59-63-57(42-25-23-41(24-26-42)39-15-7-5-8-16-39)62-58(64-59)47-30-29-44-33-43(27-28-45(44)34-47)40-17-9-6-10-18-40/h5-30,33-38H,31-32H2,1-4H3. The molecule has 0 saturated heterocycles. The monoisotopic (exact) mass is 836 g/mol. The van der Waals surface area contributed by atoms with E-state index in [1.54, 1.807) is 0 Å². The molecule has 4 heteroatoms. The van der Waals surface area contributed by atoms with Crippen LogP contribution in [0.25, 0.3) is 105 Å². The molecule has 0 saturated carbocycles. The first-order valence-corrected chi connectivity index (χ1v) is 22.8. The Morgan fingerprint density at radius 2 is 0.862 bits per heavy atom. The van der Waals surface area contributed by atoms with Gasteiger partial charge in [-0.2, -0.15) is 0 Å². The minimum Gasteiger partial charge on any atom is -0.309 e. The molecule has 9 aromatic carbocycles. The third kappa shape index (κ3) is 6.71. The average molecular weight is 837 g/mol. The number of benzene rings is 9. The highest BCUT2D eigenvalue weighted by Gasteiger charge is 2.38. The molecular formula is C61H48N4. The van der Waals surface area contributed by atoms with E-state index in [0.717, 1.165) is 50.5 Å². The van der Waals surface area contributed by atoms with Crippen molar-refractivity contribution in [1.29, 1.82) is 0 Å². The SMILES string of the molecule is CC1(C)CCC(C)(C)c2cc3c(cc21)c1ccccc1n3-c1cc(-c2nc(-c3ccc(-c4ccccc4)cc3)nc(-c3ccc4cc(-c5ccccc5)ccc4c3)n2)c2ccccc2c1. The minimum atomic E-state index is 0.0683. The predicted molar refractivity (Wildman–Crippen MR) is 272 cm³/mol. The van der Waals surface area contributed by atoms with Crippen molar-refractivity contribution in [3.8, 4) is 62.1 Å². The van der Waals surface area contributed by atoms with Crippen LogP contribution >= 0.6 is 0 Å². The van der Waals surface area contributed by atoms with Gasteiger partial charge in [0.25, 0.3) is 0 Å². The lowest BCUT2D eigenvalue weighted by atomic mass is 9.63. The lowest BCUT2D eigenvalue weighted by molar-refractivity contribution is 0.332. The highest BCUT2D eigenvalue weighted by Crippen LogP contribution is 2.49. The molecule has 0 amide bonds. The van der Waals surface area contributed by atoms with Crippen LogP contribution in [0, 0.1) is 0 Å². The molecule has 0 atom stereocenters. The molecule has 11 aromatic rings. The fourth-order valence-electron chi connectivity index (χ4n) is 10.3.